The Kier molecular flexibility index (Phi) is 4.99. The molecule has 0 bridgehead atoms. The van der Waals surface area contributed by atoms with Crippen LogP contribution >= 0.6 is 0 Å². The van der Waals surface area contributed by atoms with Gasteiger partial charge in [-0.1, -0.05) is 0 Å². The number of nitriles is 1. The van der Waals surface area contributed by atoms with Gasteiger partial charge in [0.05, 0.1) is 24.4 Å². The third-order valence-electron chi connectivity index (χ3n) is 3.72. The molecule has 2 aromatic carbocycles. The maximum atomic E-state index is 12.4. The highest BCUT2D eigenvalue weighted by Gasteiger charge is 2.14. The molecule has 3 aromatic rings. The minimum Gasteiger partial charge on any atom is -0.497 e. The van der Waals surface area contributed by atoms with E-state index in [0.29, 0.717) is 28.0 Å². The van der Waals surface area contributed by atoms with Crippen molar-refractivity contribution in [1.29, 1.82) is 5.26 Å². The number of rotatable bonds is 3. The van der Waals surface area contributed by atoms with Gasteiger partial charge in [-0.2, -0.15) is 5.26 Å². The van der Waals surface area contributed by atoms with Crippen molar-refractivity contribution in [3.05, 3.63) is 65.2 Å². The lowest BCUT2D eigenvalue weighted by Crippen LogP contribution is -2.32. The van der Waals surface area contributed by atoms with Crippen LogP contribution < -0.4 is 15.6 Å². The Morgan fingerprint density at radius 3 is 2.52 bits per heavy atom. The molecule has 0 spiro atoms. The summed E-state index contributed by atoms with van der Waals surface area (Å²) in [6.07, 6.45) is 0. The number of fused-ring (bicyclic) bond motifs is 1. The summed E-state index contributed by atoms with van der Waals surface area (Å²) >= 11 is 0. The molecule has 0 atom stereocenters. The summed E-state index contributed by atoms with van der Waals surface area (Å²) in [6.45, 7) is 1.25. The van der Waals surface area contributed by atoms with Gasteiger partial charge in [-0.25, -0.2) is 4.99 Å². The maximum absolute atomic E-state index is 12.4. The zero-order valence-electron chi connectivity index (χ0n) is 14.6. The highest BCUT2D eigenvalue weighted by atomic mass is 16.5. The summed E-state index contributed by atoms with van der Waals surface area (Å²) in [4.78, 5) is 28.1. The van der Waals surface area contributed by atoms with Crippen LogP contribution in [0, 0.1) is 11.3 Å². The molecule has 1 aromatic heterocycles. The van der Waals surface area contributed by atoms with Crippen LogP contribution in [0.4, 0.5) is 5.69 Å². The average molecular weight is 361 g/mol. The summed E-state index contributed by atoms with van der Waals surface area (Å²) in [5.41, 5.74) is 1.66. The first-order valence-electron chi connectivity index (χ1n) is 7.99. The average Bonchev–Trinajstić information content (AvgIpc) is 2.67. The van der Waals surface area contributed by atoms with E-state index in [9.17, 15) is 9.59 Å². The number of nitrogens with zero attached hydrogens (tertiary/aromatic N) is 2. The Hall–Kier alpha value is -3.92. The second kappa shape index (κ2) is 7.54. The van der Waals surface area contributed by atoms with Crippen molar-refractivity contribution in [3.63, 3.8) is 0 Å². The van der Waals surface area contributed by atoms with Gasteiger partial charge >= 0.3 is 0 Å². The molecular formula is C20H15N3O4. The molecule has 7 nitrogen and oxygen atoms in total. The number of hydrogen-bond acceptors (Lipinski definition) is 6. The second-order valence-electron chi connectivity index (χ2n) is 5.65. The van der Waals surface area contributed by atoms with Crippen molar-refractivity contribution in [2.75, 3.05) is 7.11 Å². The molecule has 0 saturated carbocycles. The largest absolute Gasteiger partial charge is 0.497 e. The fourth-order valence-electron chi connectivity index (χ4n) is 2.44. The van der Waals surface area contributed by atoms with Gasteiger partial charge in [-0.15, -0.1) is 0 Å². The Bertz CT molecular complexity index is 1140. The highest BCUT2D eigenvalue weighted by molar-refractivity contribution is 6.05. The topological polar surface area (TPSA) is 105 Å². The van der Waals surface area contributed by atoms with Gasteiger partial charge in [-0.3, -0.25) is 14.9 Å². The number of carbonyl (C=O) groups is 2. The number of hydrogen-bond donors (Lipinski definition) is 1. The fraction of sp³-hybridized carbons (Fsp3) is 0.100. The number of imide groups is 1. The van der Waals surface area contributed by atoms with E-state index in [1.54, 1.807) is 48.5 Å². The van der Waals surface area contributed by atoms with Crippen molar-refractivity contribution < 1.29 is 18.7 Å². The first-order valence-corrected chi connectivity index (χ1v) is 7.99. The molecule has 134 valence electrons. The number of benzene rings is 2. The molecule has 0 radical (unpaired) electrons. The van der Waals surface area contributed by atoms with Gasteiger partial charge in [0.1, 0.15) is 16.9 Å². The standard InChI is InChI=1S/C20H15N3O4/c1-12(24)22-19(25)17-10-14-9-16(26-2)7-8-18(14)27-20(17)23-15-5-3-13(11-21)4-6-15/h3-10H,1-2H3,(H,22,24,25). The van der Waals surface area contributed by atoms with Crippen LogP contribution in [-0.4, -0.2) is 18.9 Å². The van der Waals surface area contributed by atoms with E-state index in [1.165, 1.54) is 14.0 Å². The van der Waals surface area contributed by atoms with Gasteiger partial charge < -0.3 is 9.15 Å². The molecule has 7 heteroatoms. The number of carbonyl (C=O) groups excluding carboxylic acids is 2. The van der Waals surface area contributed by atoms with E-state index in [4.69, 9.17) is 14.4 Å². The number of amides is 2. The molecule has 0 saturated heterocycles. The normalized spacial score (nSPS) is 11.1. The van der Waals surface area contributed by atoms with E-state index < -0.39 is 11.8 Å². The molecule has 2 amide bonds. The second-order valence-corrected chi connectivity index (χ2v) is 5.65. The fourth-order valence-corrected chi connectivity index (χ4v) is 2.44. The first kappa shape index (κ1) is 17.9. The molecule has 3 rings (SSSR count). The lowest BCUT2D eigenvalue weighted by Gasteiger charge is -2.06. The zero-order valence-corrected chi connectivity index (χ0v) is 14.6. The van der Waals surface area contributed by atoms with E-state index >= 15 is 0 Å². The van der Waals surface area contributed by atoms with Crippen LogP contribution in [0.2, 0.25) is 0 Å². The van der Waals surface area contributed by atoms with Crippen molar-refractivity contribution in [3.8, 4) is 11.8 Å². The van der Waals surface area contributed by atoms with Crippen molar-refractivity contribution in [2.45, 2.75) is 6.92 Å². The van der Waals surface area contributed by atoms with Crippen LogP contribution in [0.25, 0.3) is 11.0 Å². The molecular weight excluding hydrogens is 346 g/mol. The van der Waals surface area contributed by atoms with Gasteiger partial charge in [0.25, 0.3) is 5.91 Å². The molecule has 0 unspecified atom stereocenters. The predicted octanol–water partition coefficient (Wildman–Crippen LogP) is 2.82. The zero-order chi connectivity index (χ0) is 19.4. The van der Waals surface area contributed by atoms with E-state index in [0.717, 1.165) is 0 Å². The van der Waals surface area contributed by atoms with Gasteiger partial charge in [0.2, 0.25) is 11.5 Å². The SMILES string of the molecule is COc1ccc2oc(=Nc3ccc(C#N)cc3)c(C(=O)NC(C)=O)cc2c1. The van der Waals surface area contributed by atoms with Gasteiger partial charge in [-0.05, 0) is 48.5 Å². The van der Waals surface area contributed by atoms with Gasteiger partial charge in [0.15, 0.2) is 0 Å². The lowest BCUT2D eigenvalue weighted by molar-refractivity contribution is -0.118. The minimum absolute atomic E-state index is 0.0520. The minimum atomic E-state index is -0.622. The highest BCUT2D eigenvalue weighted by Crippen LogP contribution is 2.21. The molecule has 1 heterocycles. The van der Waals surface area contributed by atoms with Crippen molar-refractivity contribution in [1.82, 2.24) is 5.32 Å². The molecule has 0 aliphatic carbocycles. The summed E-state index contributed by atoms with van der Waals surface area (Å²) in [5.74, 6) is -0.508. The molecule has 0 aliphatic rings. The Labute approximate surface area is 154 Å². The van der Waals surface area contributed by atoms with Crippen LogP contribution in [0.15, 0.2) is 57.9 Å². The maximum Gasteiger partial charge on any atom is 0.263 e. The van der Waals surface area contributed by atoms with Crippen molar-refractivity contribution >= 4 is 28.5 Å². The third kappa shape index (κ3) is 4.02. The smallest absolute Gasteiger partial charge is 0.263 e. The molecule has 1 N–H and O–H groups in total. The van der Waals surface area contributed by atoms with Crippen LogP contribution in [0.5, 0.6) is 5.75 Å². The number of ether oxygens (including phenoxy) is 1. The Balaban J connectivity index is 2.21. The van der Waals surface area contributed by atoms with E-state index in [2.05, 4.69) is 10.3 Å². The molecule has 27 heavy (non-hydrogen) atoms. The number of methoxy groups -OCH3 is 1. The monoisotopic (exact) mass is 361 g/mol. The van der Waals surface area contributed by atoms with Gasteiger partial charge in [0, 0.05) is 12.3 Å². The van der Waals surface area contributed by atoms with E-state index in [-0.39, 0.29) is 11.1 Å². The lowest BCUT2D eigenvalue weighted by atomic mass is 10.1. The Morgan fingerprint density at radius 1 is 1.15 bits per heavy atom. The molecule has 0 aliphatic heterocycles. The summed E-state index contributed by atoms with van der Waals surface area (Å²) in [5, 5.41) is 11.7. The van der Waals surface area contributed by atoms with Crippen LogP contribution in [-0.2, 0) is 4.79 Å². The predicted molar refractivity (Wildman–Crippen MR) is 97.3 cm³/mol. The van der Waals surface area contributed by atoms with Crippen molar-refractivity contribution in [2.24, 2.45) is 4.99 Å². The summed E-state index contributed by atoms with van der Waals surface area (Å²) < 4.78 is 11.0. The molecule has 0 fully saturated rings. The number of nitrogens with one attached hydrogen (secondary N) is 1. The Morgan fingerprint density at radius 2 is 1.89 bits per heavy atom. The summed E-state index contributed by atoms with van der Waals surface area (Å²) in [7, 11) is 1.54. The van der Waals surface area contributed by atoms with Crippen LogP contribution in [0.3, 0.4) is 0 Å². The van der Waals surface area contributed by atoms with Crippen LogP contribution in [0.1, 0.15) is 22.8 Å². The quantitative estimate of drug-likeness (QED) is 0.772. The first-order chi connectivity index (χ1) is 13.0. The van der Waals surface area contributed by atoms with E-state index in [1.807, 2.05) is 6.07 Å². The third-order valence-corrected chi connectivity index (χ3v) is 3.72. The summed E-state index contributed by atoms with van der Waals surface area (Å²) in [6, 6.07) is 15.3.